The van der Waals surface area contributed by atoms with Crippen LogP contribution >= 0.6 is 0 Å². The molecule has 47 heavy (non-hydrogen) atoms. The van der Waals surface area contributed by atoms with Crippen molar-refractivity contribution in [2.45, 2.75) is 27.2 Å². The van der Waals surface area contributed by atoms with Crippen molar-refractivity contribution in [3.05, 3.63) is 187 Å². The Morgan fingerprint density at radius 2 is 1.32 bits per heavy atom. The molecule has 0 amide bonds. The second-order valence-electron chi connectivity index (χ2n) is 10.7. The average molecular weight is 616 g/mol. The highest BCUT2D eigenvalue weighted by atomic mass is 14.6. The van der Waals surface area contributed by atoms with Crippen molar-refractivity contribution in [3.8, 4) is 11.1 Å². The summed E-state index contributed by atoms with van der Waals surface area (Å²) in [5, 5.41) is 16.7. The number of nitrogens with two attached hydrogens (primary N) is 1. The molecule has 0 bridgehead atoms. The molecule has 0 spiro atoms. The summed E-state index contributed by atoms with van der Waals surface area (Å²) < 4.78 is 0. The van der Waals surface area contributed by atoms with Crippen LogP contribution < -0.4 is 5.73 Å². The van der Waals surface area contributed by atoms with E-state index in [-0.39, 0.29) is 0 Å². The average Bonchev–Trinajstić information content (AvgIpc) is 3.12. The van der Waals surface area contributed by atoms with Crippen LogP contribution in [0, 0.1) is 10.8 Å². The molecule has 0 aliphatic carbocycles. The Labute approximate surface area is 280 Å². The molecular formula is C44H45N3. The molecule has 0 saturated heterocycles. The molecule has 4 aromatic carbocycles. The normalized spacial score (nSPS) is 12.6. The maximum absolute atomic E-state index is 7.90. The molecule has 0 unspecified atom stereocenters. The number of hydrogen-bond donors (Lipinski definition) is 3. The predicted molar refractivity (Wildman–Crippen MR) is 209 cm³/mol. The van der Waals surface area contributed by atoms with E-state index in [4.69, 9.17) is 16.6 Å². The van der Waals surface area contributed by atoms with Crippen LogP contribution in [-0.2, 0) is 0 Å². The molecule has 4 rings (SSSR count). The highest BCUT2D eigenvalue weighted by molar-refractivity contribution is 6.09. The summed E-state index contributed by atoms with van der Waals surface area (Å²) in [6.07, 6.45) is 24.6. The third kappa shape index (κ3) is 11.3. The Kier molecular flexibility index (Phi) is 14.8. The fraction of sp³-hybridized carbons (Fsp3) is 0.0909. The zero-order chi connectivity index (χ0) is 33.9. The van der Waals surface area contributed by atoms with Gasteiger partial charge in [-0.15, -0.1) is 0 Å². The van der Waals surface area contributed by atoms with Gasteiger partial charge in [0.2, 0.25) is 0 Å². The summed E-state index contributed by atoms with van der Waals surface area (Å²) in [5.74, 6) is 0. The topological polar surface area (TPSA) is 73.7 Å². The summed E-state index contributed by atoms with van der Waals surface area (Å²) in [6.45, 7) is 10.3. The highest BCUT2D eigenvalue weighted by Crippen LogP contribution is 2.28. The second kappa shape index (κ2) is 19.6. The molecule has 0 saturated carbocycles. The molecular weight excluding hydrogens is 571 g/mol. The standard InChI is InChI=1S/C38H36N2.C6H9N/c1-4-6-15-38(40)23-22-37(27-39)36-21-20-34-24-31(18-19-35(34)26-36)28(3)16-17-29(5-2)32-13-10-14-33(25-32)30-11-8-7-9-12-30;1-2-3-4-5-6-7/h4-22,24-27,39H,3,23,40H2,1-2H3;2-7H,1H3/b6-4-,17-16-,29-5+,37-22+,38-15-,39-27?;3-2-,5-4-,7-6?. The van der Waals surface area contributed by atoms with Crippen LogP contribution in [0.4, 0.5) is 0 Å². The molecule has 0 fully saturated rings. The molecule has 0 aliphatic heterocycles. The first-order valence-electron chi connectivity index (χ1n) is 15.7. The lowest BCUT2D eigenvalue weighted by atomic mass is 9.96. The van der Waals surface area contributed by atoms with E-state index in [1.807, 2.05) is 62.4 Å². The first-order chi connectivity index (χ1) is 22.9. The lowest BCUT2D eigenvalue weighted by molar-refractivity contribution is 1.17. The zero-order valence-electron chi connectivity index (χ0n) is 27.7. The Morgan fingerprint density at radius 1 is 0.660 bits per heavy atom. The first-order valence-corrected chi connectivity index (χ1v) is 15.7. The van der Waals surface area contributed by atoms with Crippen LogP contribution in [-0.4, -0.2) is 12.4 Å². The fourth-order valence-corrected chi connectivity index (χ4v) is 4.79. The van der Waals surface area contributed by atoms with Gasteiger partial charge < -0.3 is 16.6 Å². The molecule has 4 aromatic rings. The van der Waals surface area contributed by atoms with Gasteiger partial charge in [-0.25, -0.2) is 0 Å². The largest absolute Gasteiger partial charge is 0.402 e. The van der Waals surface area contributed by atoms with E-state index in [9.17, 15) is 0 Å². The molecule has 0 atom stereocenters. The molecule has 0 aliphatic rings. The van der Waals surface area contributed by atoms with Gasteiger partial charge in [0.15, 0.2) is 0 Å². The van der Waals surface area contributed by atoms with Crippen molar-refractivity contribution in [2.24, 2.45) is 5.73 Å². The summed E-state index contributed by atoms with van der Waals surface area (Å²) in [7, 11) is 0. The van der Waals surface area contributed by atoms with E-state index < -0.39 is 0 Å². The van der Waals surface area contributed by atoms with Gasteiger partial charge in [-0.1, -0.05) is 134 Å². The monoisotopic (exact) mass is 615 g/mol. The van der Waals surface area contributed by atoms with E-state index in [1.54, 1.807) is 6.08 Å². The van der Waals surface area contributed by atoms with Crippen molar-refractivity contribution in [3.63, 3.8) is 0 Å². The van der Waals surface area contributed by atoms with Gasteiger partial charge in [-0.05, 0) is 106 Å². The van der Waals surface area contributed by atoms with Gasteiger partial charge >= 0.3 is 0 Å². The summed E-state index contributed by atoms with van der Waals surface area (Å²) in [4.78, 5) is 0. The van der Waals surface area contributed by atoms with Gasteiger partial charge in [0, 0.05) is 24.5 Å². The lowest BCUT2D eigenvalue weighted by Gasteiger charge is -2.09. The van der Waals surface area contributed by atoms with Gasteiger partial charge in [0.25, 0.3) is 0 Å². The van der Waals surface area contributed by atoms with Crippen molar-refractivity contribution in [2.75, 3.05) is 0 Å². The van der Waals surface area contributed by atoms with Crippen molar-refractivity contribution < 1.29 is 0 Å². The van der Waals surface area contributed by atoms with Crippen LogP contribution in [0.3, 0.4) is 0 Å². The Hall–Kier alpha value is -5.80. The summed E-state index contributed by atoms with van der Waals surface area (Å²) in [6, 6.07) is 31.8. The minimum Gasteiger partial charge on any atom is -0.402 e. The number of fused-ring (bicyclic) bond motifs is 1. The Bertz CT molecular complexity index is 1880. The minimum absolute atomic E-state index is 0.600. The van der Waals surface area contributed by atoms with E-state index in [0.717, 1.165) is 44.3 Å². The number of hydrogen-bond acceptors (Lipinski definition) is 3. The van der Waals surface area contributed by atoms with Crippen molar-refractivity contribution >= 4 is 39.9 Å². The highest BCUT2D eigenvalue weighted by Gasteiger charge is 2.05. The number of benzene rings is 4. The Balaban J connectivity index is 0.000000771. The fourth-order valence-electron chi connectivity index (χ4n) is 4.79. The van der Waals surface area contributed by atoms with E-state index in [2.05, 4.69) is 117 Å². The maximum atomic E-state index is 7.90. The van der Waals surface area contributed by atoms with Crippen LogP contribution in [0.15, 0.2) is 170 Å². The van der Waals surface area contributed by atoms with E-state index in [0.29, 0.717) is 6.42 Å². The van der Waals surface area contributed by atoms with Gasteiger partial charge in [-0.3, -0.25) is 0 Å². The third-order valence-electron chi connectivity index (χ3n) is 7.35. The van der Waals surface area contributed by atoms with Crippen LogP contribution in [0.1, 0.15) is 43.9 Å². The number of rotatable bonds is 12. The van der Waals surface area contributed by atoms with E-state index in [1.165, 1.54) is 29.1 Å². The SMILES string of the molecule is C/C=C\C=C/C=N.C=C(/C=C\C(=C/C)c1cccc(-c2ccccc2)c1)c1ccc2cc(/C(C=N)=C/C/C(N)=C/C=C\C)ccc2c1. The molecule has 3 heteroatoms. The summed E-state index contributed by atoms with van der Waals surface area (Å²) >= 11 is 0. The predicted octanol–water partition coefficient (Wildman–Crippen LogP) is 11.8. The van der Waals surface area contributed by atoms with Crippen molar-refractivity contribution in [1.29, 1.82) is 10.8 Å². The number of nitrogens with one attached hydrogen (secondary N) is 2. The first kappa shape index (κ1) is 35.7. The zero-order valence-corrected chi connectivity index (χ0v) is 27.7. The second-order valence-corrected chi connectivity index (χ2v) is 10.7. The van der Waals surface area contributed by atoms with Gasteiger partial charge in [0.05, 0.1) is 0 Å². The maximum Gasteiger partial charge on any atom is 0.0253 e. The molecule has 236 valence electrons. The quantitative estimate of drug-likeness (QED) is 0.108. The number of allylic oxidation sites excluding steroid dienone is 14. The van der Waals surface area contributed by atoms with E-state index >= 15 is 0 Å². The van der Waals surface area contributed by atoms with Gasteiger partial charge in [-0.2, -0.15) is 0 Å². The smallest absolute Gasteiger partial charge is 0.0253 e. The third-order valence-corrected chi connectivity index (χ3v) is 7.35. The molecule has 4 N–H and O–H groups in total. The Morgan fingerprint density at radius 3 is 1.98 bits per heavy atom. The molecule has 0 heterocycles. The lowest BCUT2D eigenvalue weighted by Crippen LogP contribution is -1.95. The van der Waals surface area contributed by atoms with Crippen LogP contribution in [0.25, 0.3) is 38.6 Å². The van der Waals surface area contributed by atoms with Crippen molar-refractivity contribution in [1.82, 2.24) is 0 Å². The van der Waals surface area contributed by atoms with Crippen LogP contribution in [0.2, 0.25) is 0 Å². The van der Waals surface area contributed by atoms with Gasteiger partial charge in [0.1, 0.15) is 0 Å². The molecule has 3 nitrogen and oxygen atoms in total. The van der Waals surface area contributed by atoms with Crippen LogP contribution in [0.5, 0.6) is 0 Å². The molecule has 0 radical (unpaired) electrons. The summed E-state index contributed by atoms with van der Waals surface area (Å²) in [5.41, 5.74) is 15.4. The molecule has 0 aromatic heterocycles. The minimum atomic E-state index is 0.600.